The van der Waals surface area contributed by atoms with E-state index in [1.54, 1.807) is 42.4 Å². The first-order chi connectivity index (χ1) is 16.4. The van der Waals surface area contributed by atoms with Gasteiger partial charge in [-0.05, 0) is 25.1 Å². The van der Waals surface area contributed by atoms with Gasteiger partial charge >= 0.3 is 0 Å². The summed E-state index contributed by atoms with van der Waals surface area (Å²) >= 11 is 2.71. The Kier molecular flexibility index (Phi) is 7.43. The van der Waals surface area contributed by atoms with Gasteiger partial charge in [-0.2, -0.15) is 0 Å². The summed E-state index contributed by atoms with van der Waals surface area (Å²) in [5, 5.41) is 23.1. The maximum atomic E-state index is 12.8. The number of anilines is 1. The van der Waals surface area contributed by atoms with Crippen molar-refractivity contribution in [3.8, 4) is 0 Å². The molecular weight excluding hydrogens is 480 g/mol. The number of nitrogens with zero attached hydrogens (tertiary/aromatic N) is 5. The number of nitro groups is 1. The molecule has 2 aromatic heterocycles. The maximum Gasteiger partial charge on any atom is 0.273 e. The molecule has 1 aromatic carbocycles. The Hall–Kier alpha value is -3.45. The molecule has 178 valence electrons. The molecule has 0 unspecified atom stereocenters. The molecule has 0 aliphatic carbocycles. The third-order valence-electron chi connectivity index (χ3n) is 5.25. The Morgan fingerprint density at radius 2 is 2.03 bits per heavy atom. The van der Waals surface area contributed by atoms with Crippen molar-refractivity contribution in [1.29, 1.82) is 0 Å². The lowest BCUT2D eigenvalue weighted by Gasteiger charge is -2.34. The largest absolute Gasteiger partial charge is 0.467 e. The number of carbonyl (C=O) groups excluding carboxylic acids is 2. The van der Waals surface area contributed by atoms with Crippen LogP contribution in [0, 0.1) is 17.0 Å². The summed E-state index contributed by atoms with van der Waals surface area (Å²) in [5.41, 5.74) is 0.773. The highest BCUT2D eigenvalue weighted by atomic mass is 32.2. The predicted molar refractivity (Wildman–Crippen MR) is 127 cm³/mol. The number of amides is 2. The van der Waals surface area contributed by atoms with Gasteiger partial charge in [-0.3, -0.25) is 19.7 Å². The van der Waals surface area contributed by atoms with Gasteiger partial charge in [0, 0.05) is 43.4 Å². The summed E-state index contributed by atoms with van der Waals surface area (Å²) in [6, 6.07) is 8.12. The van der Waals surface area contributed by atoms with Crippen LogP contribution in [0.15, 0.2) is 45.4 Å². The van der Waals surface area contributed by atoms with E-state index in [0.717, 1.165) is 5.13 Å². The van der Waals surface area contributed by atoms with Crippen LogP contribution in [0.3, 0.4) is 0 Å². The summed E-state index contributed by atoms with van der Waals surface area (Å²) in [4.78, 5) is 39.3. The number of hydrogen-bond acceptors (Lipinski definition) is 10. The fraction of sp³-hybridized carbons (Fsp3) is 0.333. The van der Waals surface area contributed by atoms with Crippen molar-refractivity contribution in [2.24, 2.45) is 0 Å². The molecule has 13 heteroatoms. The summed E-state index contributed by atoms with van der Waals surface area (Å²) in [7, 11) is 0. The standard InChI is InChI=1S/C21H22N6O5S2/c1-14-4-5-15(11-17(14)27(30)31)19(29)25-6-8-26(9-7-25)20-23-24-21(34-20)33-13-18(28)22-12-16-3-2-10-32-16/h2-5,10-11H,6-9,12-13H2,1H3,(H,22,28). The Bertz CT molecular complexity index is 1170. The molecule has 3 heterocycles. The first-order valence-corrected chi connectivity index (χ1v) is 12.3. The molecule has 1 saturated heterocycles. The van der Waals surface area contributed by atoms with E-state index in [1.807, 2.05) is 4.90 Å². The van der Waals surface area contributed by atoms with E-state index >= 15 is 0 Å². The number of nitro benzene ring substituents is 1. The summed E-state index contributed by atoms with van der Waals surface area (Å²) in [6.45, 7) is 4.07. The molecule has 1 fully saturated rings. The highest BCUT2D eigenvalue weighted by Gasteiger charge is 2.25. The molecule has 0 atom stereocenters. The van der Waals surface area contributed by atoms with Crippen LogP contribution in [0.25, 0.3) is 0 Å². The Balaban J connectivity index is 1.26. The van der Waals surface area contributed by atoms with Gasteiger partial charge in [0.05, 0.1) is 23.5 Å². The first-order valence-electron chi connectivity index (χ1n) is 10.5. The second-order valence-corrected chi connectivity index (χ2v) is 9.71. The van der Waals surface area contributed by atoms with E-state index in [4.69, 9.17) is 4.42 Å². The molecule has 0 spiro atoms. The van der Waals surface area contributed by atoms with E-state index in [9.17, 15) is 19.7 Å². The van der Waals surface area contributed by atoms with Crippen LogP contribution in [0.1, 0.15) is 21.7 Å². The maximum absolute atomic E-state index is 12.8. The molecule has 11 nitrogen and oxygen atoms in total. The fourth-order valence-corrected chi connectivity index (χ4v) is 5.11. The van der Waals surface area contributed by atoms with E-state index in [2.05, 4.69) is 15.5 Å². The Morgan fingerprint density at radius 1 is 1.24 bits per heavy atom. The summed E-state index contributed by atoms with van der Waals surface area (Å²) in [5.74, 6) is 0.563. The molecule has 2 amide bonds. The van der Waals surface area contributed by atoms with Crippen LogP contribution in [0.2, 0.25) is 0 Å². The normalized spacial score (nSPS) is 13.7. The molecule has 0 bridgehead atoms. The number of carbonyl (C=O) groups is 2. The quantitative estimate of drug-likeness (QED) is 0.280. The van der Waals surface area contributed by atoms with E-state index < -0.39 is 4.92 Å². The first kappa shape index (κ1) is 23.7. The van der Waals surface area contributed by atoms with Crippen molar-refractivity contribution in [3.63, 3.8) is 0 Å². The molecule has 1 aliphatic heterocycles. The molecule has 4 rings (SSSR count). The zero-order valence-corrected chi connectivity index (χ0v) is 19.9. The van der Waals surface area contributed by atoms with Crippen LogP contribution in [-0.4, -0.2) is 63.8 Å². The molecule has 1 N–H and O–H groups in total. The number of benzene rings is 1. The fourth-order valence-electron chi connectivity index (χ4n) is 3.39. The van der Waals surface area contributed by atoms with Crippen molar-refractivity contribution in [2.75, 3.05) is 36.8 Å². The third kappa shape index (κ3) is 5.72. The SMILES string of the molecule is Cc1ccc(C(=O)N2CCN(c3nnc(SCC(=O)NCc4ccco4)s3)CC2)cc1[N+](=O)[O-]. The van der Waals surface area contributed by atoms with Crippen molar-refractivity contribution < 1.29 is 18.9 Å². The van der Waals surface area contributed by atoms with Gasteiger partial charge in [0.2, 0.25) is 11.0 Å². The van der Waals surface area contributed by atoms with Gasteiger partial charge < -0.3 is 19.5 Å². The van der Waals surface area contributed by atoms with Gasteiger partial charge in [0.25, 0.3) is 11.6 Å². The van der Waals surface area contributed by atoms with Crippen LogP contribution in [0.4, 0.5) is 10.8 Å². The average molecular weight is 503 g/mol. The van der Waals surface area contributed by atoms with Gasteiger partial charge in [-0.25, -0.2) is 0 Å². The van der Waals surface area contributed by atoms with Crippen molar-refractivity contribution in [3.05, 3.63) is 63.6 Å². The minimum absolute atomic E-state index is 0.0574. The monoisotopic (exact) mass is 502 g/mol. The highest BCUT2D eigenvalue weighted by Crippen LogP contribution is 2.29. The number of aromatic nitrogens is 2. The minimum Gasteiger partial charge on any atom is -0.467 e. The summed E-state index contributed by atoms with van der Waals surface area (Å²) in [6.07, 6.45) is 1.56. The van der Waals surface area contributed by atoms with E-state index in [1.165, 1.54) is 29.2 Å². The molecule has 0 saturated carbocycles. The van der Waals surface area contributed by atoms with Crippen LogP contribution in [-0.2, 0) is 11.3 Å². The highest BCUT2D eigenvalue weighted by molar-refractivity contribution is 8.01. The topological polar surface area (TPSA) is 135 Å². The zero-order valence-electron chi connectivity index (χ0n) is 18.3. The Labute approximate surface area is 203 Å². The lowest BCUT2D eigenvalue weighted by molar-refractivity contribution is -0.385. The van der Waals surface area contributed by atoms with Crippen molar-refractivity contribution in [1.82, 2.24) is 20.4 Å². The summed E-state index contributed by atoms with van der Waals surface area (Å²) < 4.78 is 5.87. The molecular formula is C21H22N6O5S2. The molecule has 0 radical (unpaired) electrons. The van der Waals surface area contributed by atoms with Crippen LogP contribution in [0.5, 0.6) is 0 Å². The number of furan rings is 1. The second kappa shape index (κ2) is 10.7. The van der Waals surface area contributed by atoms with E-state index in [0.29, 0.717) is 54.0 Å². The minimum atomic E-state index is -0.474. The van der Waals surface area contributed by atoms with Crippen LogP contribution < -0.4 is 10.2 Å². The molecule has 34 heavy (non-hydrogen) atoms. The zero-order chi connectivity index (χ0) is 24.1. The van der Waals surface area contributed by atoms with E-state index in [-0.39, 0.29) is 23.3 Å². The number of rotatable bonds is 8. The lowest BCUT2D eigenvalue weighted by atomic mass is 10.1. The smallest absolute Gasteiger partial charge is 0.273 e. The third-order valence-corrected chi connectivity index (χ3v) is 7.37. The predicted octanol–water partition coefficient (Wildman–Crippen LogP) is 2.72. The van der Waals surface area contributed by atoms with Crippen molar-refractivity contribution >= 4 is 45.7 Å². The number of hydrogen-bond donors (Lipinski definition) is 1. The number of aryl methyl sites for hydroxylation is 1. The van der Waals surface area contributed by atoms with Gasteiger partial charge in [-0.15, -0.1) is 10.2 Å². The molecule has 1 aliphatic rings. The van der Waals surface area contributed by atoms with Crippen molar-refractivity contribution in [2.45, 2.75) is 17.8 Å². The van der Waals surface area contributed by atoms with Gasteiger partial charge in [0.15, 0.2) is 4.34 Å². The second-order valence-electron chi connectivity index (χ2n) is 7.53. The van der Waals surface area contributed by atoms with Gasteiger partial charge in [0.1, 0.15) is 5.76 Å². The number of nitrogens with one attached hydrogen (secondary N) is 1. The number of thioether (sulfide) groups is 1. The lowest BCUT2D eigenvalue weighted by Crippen LogP contribution is -2.48. The molecule has 3 aromatic rings. The van der Waals surface area contributed by atoms with Crippen LogP contribution >= 0.6 is 23.1 Å². The number of piperazine rings is 1. The Morgan fingerprint density at radius 3 is 2.74 bits per heavy atom. The average Bonchev–Trinajstić information content (AvgIpc) is 3.53. The van der Waals surface area contributed by atoms with Gasteiger partial charge in [-0.1, -0.05) is 29.2 Å².